The van der Waals surface area contributed by atoms with E-state index in [1.54, 1.807) is 34.9 Å². The fourth-order valence-corrected chi connectivity index (χ4v) is 4.47. The Labute approximate surface area is 191 Å². The zero-order valence-electron chi connectivity index (χ0n) is 18.5. The van der Waals surface area contributed by atoms with Gasteiger partial charge in [0.05, 0.1) is 11.1 Å². The quantitative estimate of drug-likeness (QED) is 0.485. The molecule has 1 aliphatic heterocycles. The summed E-state index contributed by atoms with van der Waals surface area (Å²) in [5.41, 5.74) is 6.05. The van der Waals surface area contributed by atoms with E-state index in [0.29, 0.717) is 42.4 Å². The van der Waals surface area contributed by atoms with E-state index in [9.17, 15) is 14.7 Å². The number of rotatable bonds is 5. The third-order valence-corrected chi connectivity index (χ3v) is 6.10. The highest BCUT2D eigenvalue weighted by Crippen LogP contribution is 2.29. The minimum Gasteiger partial charge on any atom is -0.478 e. The maximum atomic E-state index is 13.3. The van der Waals surface area contributed by atoms with Crippen LogP contribution in [0.2, 0.25) is 0 Å². The molecule has 0 radical (unpaired) electrons. The minimum absolute atomic E-state index is 0.0955. The SMILES string of the molecule is Cc1cc(CNc2ccccc2C(=O)O)c2nc(N3Cc4ccccc4C3)c(C)c(=O)n2c1. The van der Waals surface area contributed by atoms with Crippen LogP contribution in [0.3, 0.4) is 0 Å². The smallest absolute Gasteiger partial charge is 0.337 e. The minimum atomic E-state index is -0.993. The molecular weight excluding hydrogens is 416 g/mol. The molecular formula is C26H24N4O3. The fourth-order valence-electron chi connectivity index (χ4n) is 4.47. The van der Waals surface area contributed by atoms with Crippen molar-refractivity contribution in [3.63, 3.8) is 0 Å². The Hall–Kier alpha value is -4.13. The van der Waals surface area contributed by atoms with Gasteiger partial charge in [0, 0.05) is 37.1 Å². The van der Waals surface area contributed by atoms with Crippen LogP contribution in [-0.4, -0.2) is 20.5 Å². The van der Waals surface area contributed by atoms with E-state index in [2.05, 4.69) is 22.3 Å². The maximum absolute atomic E-state index is 13.3. The molecule has 0 saturated heterocycles. The molecule has 2 N–H and O–H groups in total. The number of carbonyl (C=O) groups is 1. The lowest BCUT2D eigenvalue weighted by atomic mass is 10.1. The third kappa shape index (κ3) is 3.71. The monoisotopic (exact) mass is 440 g/mol. The lowest BCUT2D eigenvalue weighted by Crippen LogP contribution is -2.26. The number of hydrogen-bond donors (Lipinski definition) is 2. The molecule has 7 nitrogen and oxygen atoms in total. The highest BCUT2D eigenvalue weighted by Gasteiger charge is 2.23. The predicted molar refractivity (Wildman–Crippen MR) is 128 cm³/mol. The number of pyridine rings is 1. The van der Waals surface area contributed by atoms with Gasteiger partial charge in [-0.3, -0.25) is 9.20 Å². The third-order valence-electron chi connectivity index (χ3n) is 6.10. The molecule has 2 aromatic heterocycles. The van der Waals surface area contributed by atoms with Gasteiger partial charge < -0.3 is 15.3 Å². The van der Waals surface area contributed by atoms with Gasteiger partial charge in [-0.05, 0) is 48.7 Å². The Morgan fingerprint density at radius 2 is 1.73 bits per heavy atom. The highest BCUT2D eigenvalue weighted by atomic mass is 16.4. The van der Waals surface area contributed by atoms with Gasteiger partial charge in [0.2, 0.25) is 0 Å². The maximum Gasteiger partial charge on any atom is 0.337 e. The van der Waals surface area contributed by atoms with E-state index in [1.807, 2.05) is 32.0 Å². The number of nitrogens with zero attached hydrogens (tertiary/aromatic N) is 3. The van der Waals surface area contributed by atoms with Crippen molar-refractivity contribution in [3.05, 3.63) is 105 Å². The van der Waals surface area contributed by atoms with Crippen LogP contribution in [0, 0.1) is 13.8 Å². The Kier molecular flexibility index (Phi) is 5.09. The molecule has 0 spiro atoms. The lowest BCUT2D eigenvalue weighted by molar-refractivity contribution is 0.0698. The first kappa shape index (κ1) is 20.8. The van der Waals surface area contributed by atoms with Crippen LogP contribution in [-0.2, 0) is 19.6 Å². The second kappa shape index (κ2) is 8.09. The zero-order chi connectivity index (χ0) is 23.1. The van der Waals surface area contributed by atoms with Crippen LogP contribution in [0.1, 0.15) is 38.2 Å². The van der Waals surface area contributed by atoms with Crippen molar-refractivity contribution in [1.82, 2.24) is 9.38 Å². The molecule has 0 aliphatic carbocycles. The second-order valence-electron chi connectivity index (χ2n) is 8.43. The van der Waals surface area contributed by atoms with Crippen molar-refractivity contribution >= 4 is 23.1 Å². The molecule has 0 unspecified atom stereocenters. The van der Waals surface area contributed by atoms with Gasteiger partial charge in [-0.15, -0.1) is 0 Å². The first-order chi connectivity index (χ1) is 15.9. The number of para-hydroxylation sites is 1. The molecule has 7 heteroatoms. The largest absolute Gasteiger partial charge is 0.478 e. The summed E-state index contributed by atoms with van der Waals surface area (Å²) >= 11 is 0. The Morgan fingerprint density at radius 1 is 1.06 bits per heavy atom. The number of hydrogen-bond acceptors (Lipinski definition) is 5. The number of nitrogens with one attached hydrogen (secondary N) is 1. The fraction of sp³-hybridized carbons (Fsp3) is 0.192. The van der Waals surface area contributed by atoms with Crippen LogP contribution >= 0.6 is 0 Å². The van der Waals surface area contributed by atoms with Gasteiger partial charge in [-0.1, -0.05) is 36.4 Å². The summed E-state index contributed by atoms with van der Waals surface area (Å²) in [4.78, 5) is 31.9. The summed E-state index contributed by atoms with van der Waals surface area (Å²) in [6.07, 6.45) is 1.80. The van der Waals surface area contributed by atoms with Crippen molar-refractivity contribution in [2.45, 2.75) is 33.5 Å². The molecule has 0 atom stereocenters. The van der Waals surface area contributed by atoms with Crippen LogP contribution in [0.5, 0.6) is 0 Å². The summed E-state index contributed by atoms with van der Waals surface area (Å²) in [6, 6.07) is 17.0. The van der Waals surface area contributed by atoms with Gasteiger partial charge in [-0.2, -0.15) is 0 Å². The van der Waals surface area contributed by atoms with Crippen molar-refractivity contribution in [2.75, 3.05) is 10.2 Å². The Balaban J connectivity index is 1.56. The molecule has 0 bridgehead atoms. The van der Waals surface area contributed by atoms with Crippen molar-refractivity contribution in [2.24, 2.45) is 0 Å². The molecule has 166 valence electrons. The number of benzene rings is 2. The number of aromatic nitrogens is 2. The number of anilines is 2. The molecule has 0 fully saturated rings. The zero-order valence-corrected chi connectivity index (χ0v) is 18.5. The standard InChI is InChI=1S/C26H24N4O3/c1-16-11-20(12-27-22-10-6-5-9-21(22)26(32)33)24-28-23(17(2)25(31)30(24)13-16)29-14-18-7-3-4-8-19(18)15-29/h3-11,13,27H,12,14-15H2,1-2H3,(H,32,33). The van der Waals surface area contributed by atoms with Gasteiger partial charge in [-0.25, -0.2) is 9.78 Å². The number of aromatic carboxylic acids is 1. The van der Waals surface area contributed by atoms with Gasteiger partial charge in [0.15, 0.2) is 0 Å². The first-order valence-electron chi connectivity index (χ1n) is 10.8. The number of aryl methyl sites for hydroxylation is 1. The number of carboxylic acids is 1. The van der Waals surface area contributed by atoms with Crippen molar-refractivity contribution in [1.29, 1.82) is 0 Å². The molecule has 0 saturated carbocycles. The summed E-state index contributed by atoms with van der Waals surface area (Å²) in [6.45, 7) is 5.52. The molecule has 4 aromatic rings. The van der Waals surface area contributed by atoms with E-state index >= 15 is 0 Å². The molecule has 5 rings (SSSR count). The summed E-state index contributed by atoms with van der Waals surface area (Å²) in [5.74, 6) is -0.305. The Bertz CT molecular complexity index is 1430. The van der Waals surface area contributed by atoms with E-state index < -0.39 is 5.97 Å². The van der Waals surface area contributed by atoms with Crippen LogP contribution in [0.25, 0.3) is 5.65 Å². The highest BCUT2D eigenvalue weighted by molar-refractivity contribution is 5.94. The van der Waals surface area contributed by atoms with Gasteiger partial charge in [0.25, 0.3) is 5.56 Å². The molecule has 2 aromatic carbocycles. The second-order valence-corrected chi connectivity index (χ2v) is 8.43. The number of fused-ring (bicyclic) bond motifs is 2. The van der Waals surface area contributed by atoms with Crippen LogP contribution in [0.15, 0.2) is 65.6 Å². The molecule has 3 heterocycles. The average Bonchev–Trinajstić information content (AvgIpc) is 3.24. The van der Waals surface area contributed by atoms with E-state index in [1.165, 1.54) is 11.1 Å². The topological polar surface area (TPSA) is 86.9 Å². The summed E-state index contributed by atoms with van der Waals surface area (Å²) in [7, 11) is 0. The van der Waals surface area contributed by atoms with Crippen LogP contribution < -0.4 is 15.8 Å². The summed E-state index contributed by atoms with van der Waals surface area (Å²) < 4.78 is 1.59. The Morgan fingerprint density at radius 3 is 2.42 bits per heavy atom. The van der Waals surface area contributed by atoms with E-state index in [-0.39, 0.29) is 11.1 Å². The molecule has 33 heavy (non-hydrogen) atoms. The van der Waals surface area contributed by atoms with Crippen LogP contribution in [0.4, 0.5) is 11.5 Å². The van der Waals surface area contributed by atoms with Gasteiger partial charge in [0.1, 0.15) is 11.5 Å². The van der Waals surface area contributed by atoms with Gasteiger partial charge >= 0.3 is 5.97 Å². The number of carboxylic acid groups (broad SMARTS) is 1. The average molecular weight is 441 g/mol. The van der Waals surface area contributed by atoms with Crippen molar-refractivity contribution in [3.8, 4) is 0 Å². The molecule has 1 aliphatic rings. The normalized spacial score (nSPS) is 12.7. The van der Waals surface area contributed by atoms with E-state index in [0.717, 1.165) is 11.1 Å². The van der Waals surface area contributed by atoms with Crippen molar-refractivity contribution < 1.29 is 9.90 Å². The first-order valence-corrected chi connectivity index (χ1v) is 10.8. The summed E-state index contributed by atoms with van der Waals surface area (Å²) in [5, 5.41) is 12.7. The van der Waals surface area contributed by atoms with E-state index in [4.69, 9.17) is 4.98 Å². The predicted octanol–water partition coefficient (Wildman–Crippen LogP) is 4.14. The lowest BCUT2D eigenvalue weighted by Gasteiger charge is -2.20. The molecule has 0 amide bonds.